The Morgan fingerprint density at radius 1 is 1.53 bits per heavy atom. The summed E-state index contributed by atoms with van der Waals surface area (Å²) in [6, 6.07) is 3.07. The van der Waals surface area contributed by atoms with Gasteiger partial charge in [-0.15, -0.1) is 0 Å². The molecule has 5 heteroatoms. The zero-order valence-corrected chi connectivity index (χ0v) is 7.79. The van der Waals surface area contributed by atoms with Crippen LogP contribution in [0.3, 0.4) is 0 Å². The Balaban J connectivity index is 2.65. The summed E-state index contributed by atoms with van der Waals surface area (Å²) in [5.74, 6) is -1.27. The van der Waals surface area contributed by atoms with Crippen molar-refractivity contribution in [2.75, 3.05) is 0 Å². The third kappa shape index (κ3) is 3.07. The Labute approximate surface area is 85.8 Å². The van der Waals surface area contributed by atoms with Crippen LogP contribution in [0.25, 0.3) is 0 Å². The van der Waals surface area contributed by atoms with Crippen LogP contribution in [0.2, 0.25) is 0 Å². The van der Waals surface area contributed by atoms with Gasteiger partial charge < -0.3 is 5.11 Å². The smallest absolute Gasteiger partial charge is 0.176 e. The van der Waals surface area contributed by atoms with Crippen LogP contribution >= 0.6 is 0 Å². The van der Waals surface area contributed by atoms with Crippen molar-refractivity contribution in [3.63, 3.8) is 0 Å². The van der Waals surface area contributed by atoms with Gasteiger partial charge in [0.05, 0.1) is 6.42 Å². The Hall–Kier alpha value is -1.88. The van der Waals surface area contributed by atoms with E-state index in [9.17, 15) is 14.4 Å². The second-order valence-corrected chi connectivity index (χ2v) is 2.89. The highest BCUT2D eigenvalue weighted by Gasteiger charge is 2.18. The van der Waals surface area contributed by atoms with Crippen molar-refractivity contribution < 1.29 is 19.5 Å². The summed E-state index contributed by atoms with van der Waals surface area (Å²) in [4.78, 5) is 36.2. The van der Waals surface area contributed by atoms with Gasteiger partial charge >= 0.3 is 0 Å². The zero-order chi connectivity index (χ0) is 11.3. The molecule has 0 amide bonds. The molecule has 0 aliphatic carbocycles. The molecule has 0 saturated carbocycles. The number of aliphatic hydroxyl groups excluding tert-OH is 1. The van der Waals surface area contributed by atoms with Gasteiger partial charge in [0, 0.05) is 18.0 Å². The maximum atomic E-state index is 11.4. The van der Waals surface area contributed by atoms with Crippen molar-refractivity contribution in [2.45, 2.75) is 12.5 Å². The molecule has 0 radical (unpaired) electrons. The van der Waals surface area contributed by atoms with Crippen molar-refractivity contribution in [1.82, 2.24) is 4.98 Å². The molecule has 78 valence electrons. The van der Waals surface area contributed by atoms with Crippen LogP contribution in [0, 0.1) is 0 Å². The highest BCUT2D eigenvalue weighted by atomic mass is 16.3. The van der Waals surface area contributed by atoms with E-state index in [-0.39, 0.29) is 11.8 Å². The quantitative estimate of drug-likeness (QED) is 0.410. The first-order chi connectivity index (χ1) is 7.15. The number of rotatable bonds is 5. The van der Waals surface area contributed by atoms with Crippen molar-refractivity contribution in [3.05, 3.63) is 30.1 Å². The van der Waals surface area contributed by atoms with Crippen LogP contribution in [-0.4, -0.2) is 34.0 Å². The van der Waals surface area contributed by atoms with Gasteiger partial charge in [0.25, 0.3) is 0 Å². The summed E-state index contributed by atoms with van der Waals surface area (Å²) < 4.78 is 0. The van der Waals surface area contributed by atoms with E-state index in [2.05, 4.69) is 4.98 Å². The van der Waals surface area contributed by atoms with Gasteiger partial charge in [0.15, 0.2) is 24.0 Å². The summed E-state index contributed by atoms with van der Waals surface area (Å²) in [6.07, 6.45) is 0.706. The summed E-state index contributed by atoms with van der Waals surface area (Å²) in [7, 11) is 0. The van der Waals surface area contributed by atoms with E-state index in [0.29, 0.717) is 0 Å². The number of carbonyl (C=O) groups excluding carboxylic acids is 3. The Morgan fingerprint density at radius 3 is 2.80 bits per heavy atom. The normalized spacial score (nSPS) is 11.8. The van der Waals surface area contributed by atoms with Crippen molar-refractivity contribution in [3.8, 4) is 0 Å². The van der Waals surface area contributed by atoms with Crippen LogP contribution in [0.4, 0.5) is 0 Å². The molecule has 1 atom stereocenters. The van der Waals surface area contributed by atoms with Gasteiger partial charge in [-0.25, -0.2) is 0 Å². The van der Waals surface area contributed by atoms with Crippen LogP contribution in [0.1, 0.15) is 16.8 Å². The van der Waals surface area contributed by atoms with Gasteiger partial charge in [-0.05, 0) is 12.1 Å². The lowest BCUT2D eigenvalue weighted by Crippen LogP contribution is -2.24. The molecule has 1 aromatic rings. The third-order valence-electron chi connectivity index (χ3n) is 1.78. The predicted octanol–water partition coefficient (Wildman–Crippen LogP) is -0.217. The number of aromatic nitrogens is 1. The van der Waals surface area contributed by atoms with Crippen LogP contribution < -0.4 is 0 Å². The predicted molar refractivity (Wildman–Crippen MR) is 50.3 cm³/mol. The number of aliphatic hydroxyl groups is 1. The lowest BCUT2D eigenvalue weighted by Gasteiger charge is -2.01. The molecule has 1 heterocycles. The summed E-state index contributed by atoms with van der Waals surface area (Å²) in [5, 5.41) is 8.84. The van der Waals surface area contributed by atoms with Gasteiger partial charge in [-0.1, -0.05) is 0 Å². The van der Waals surface area contributed by atoms with E-state index < -0.39 is 24.1 Å². The van der Waals surface area contributed by atoms with Crippen molar-refractivity contribution in [1.29, 1.82) is 0 Å². The van der Waals surface area contributed by atoms with Gasteiger partial charge in [-0.3, -0.25) is 19.4 Å². The molecule has 1 N–H and O–H groups in total. The van der Waals surface area contributed by atoms with E-state index in [4.69, 9.17) is 5.11 Å². The van der Waals surface area contributed by atoms with E-state index >= 15 is 0 Å². The van der Waals surface area contributed by atoms with Crippen LogP contribution in [0.15, 0.2) is 24.5 Å². The third-order valence-corrected chi connectivity index (χ3v) is 1.78. The Morgan fingerprint density at radius 2 is 2.27 bits per heavy atom. The average Bonchev–Trinajstić information content (AvgIpc) is 2.29. The average molecular weight is 207 g/mol. The number of carbonyl (C=O) groups is 3. The lowest BCUT2D eigenvalue weighted by molar-refractivity contribution is -0.131. The highest BCUT2D eigenvalue weighted by molar-refractivity contribution is 6.12. The molecule has 1 aromatic heterocycles. The van der Waals surface area contributed by atoms with Crippen LogP contribution in [0.5, 0.6) is 0 Å². The molecule has 0 aliphatic rings. The number of aldehydes is 1. The zero-order valence-electron chi connectivity index (χ0n) is 7.79. The number of pyridine rings is 1. The van der Waals surface area contributed by atoms with Gasteiger partial charge in [-0.2, -0.15) is 0 Å². The minimum atomic E-state index is -1.72. The number of ketones is 2. The first kappa shape index (κ1) is 11.2. The first-order valence-electron chi connectivity index (χ1n) is 4.24. The van der Waals surface area contributed by atoms with E-state index in [1.54, 1.807) is 6.07 Å². The van der Waals surface area contributed by atoms with E-state index in [0.717, 1.165) is 0 Å². The number of Topliss-reactive ketones (excluding diaryl/α,β-unsaturated/α-hetero) is 2. The molecule has 0 fully saturated rings. The maximum absolute atomic E-state index is 11.4. The fraction of sp³-hybridized carbons (Fsp3) is 0.200. The Kier molecular flexibility index (Phi) is 3.82. The summed E-state index contributed by atoms with van der Waals surface area (Å²) in [5.41, 5.74) is 0.281. The number of hydrogen-bond donors (Lipinski definition) is 1. The largest absolute Gasteiger partial charge is 0.378 e. The maximum Gasteiger partial charge on any atom is 0.176 e. The molecule has 0 bridgehead atoms. The Bertz CT molecular complexity index is 374. The standard InChI is InChI=1S/C10H9NO4/c12-6-10(15)9(14)4-8(13)7-2-1-3-11-5-7/h1-3,5-6,10,15H,4H2. The summed E-state index contributed by atoms with van der Waals surface area (Å²) >= 11 is 0. The molecule has 5 nitrogen and oxygen atoms in total. The van der Waals surface area contributed by atoms with Crippen molar-refractivity contribution in [2.24, 2.45) is 0 Å². The molecule has 0 aromatic carbocycles. The van der Waals surface area contributed by atoms with Gasteiger partial charge in [0.2, 0.25) is 0 Å². The summed E-state index contributed by atoms with van der Waals surface area (Å²) in [6.45, 7) is 0. The molecular formula is C10H9NO4. The van der Waals surface area contributed by atoms with Crippen molar-refractivity contribution >= 4 is 17.9 Å². The minimum absolute atomic E-state index is 0.0961. The topological polar surface area (TPSA) is 84.3 Å². The fourth-order valence-electron chi connectivity index (χ4n) is 0.968. The van der Waals surface area contributed by atoms with E-state index in [1.807, 2.05) is 0 Å². The monoisotopic (exact) mass is 207 g/mol. The second-order valence-electron chi connectivity index (χ2n) is 2.89. The molecule has 1 unspecified atom stereocenters. The number of hydrogen-bond acceptors (Lipinski definition) is 5. The molecule has 0 saturated heterocycles. The molecular weight excluding hydrogens is 198 g/mol. The SMILES string of the molecule is O=CC(O)C(=O)CC(=O)c1cccnc1. The first-order valence-corrected chi connectivity index (χ1v) is 4.24. The molecule has 0 spiro atoms. The van der Waals surface area contributed by atoms with Crippen LogP contribution in [-0.2, 0) is 9.59 Å². The van der Waals surface area contributed by atoms with Gasteiger partial charge in [0.1, 0.15) is 0 Å². The fourth-order valence-corrected chi connectivity index (χ4v) is 0.968. The number of nitrogens with zero attached hydrogens (tertiary/aromatic N) is 1. The highest BCUT2D eigenvalue weighted by Crippen LogP contribution is 2.02. The minimum Gasteiger partial charge on any atom is -0.378 e. The lowest BCUT2D eigenvalue weighted by atomic mass is 10.1. The molecule has 15 heavy (non-hydrogen) atoms. The van der Waals surface area contributed by atoms with E-state index in [1.165, 1.54) is 18.5 Å². The molecule has 1 rings (SSSR count). The molecule has 0 aliphatic heterocycles. The second kappa shape index (κ2) is 5.11.